The van der Waals surface area contributed by atoms with Crippen LogP contribution >= 0.6 is 0 Å². The van der Waals surface area contributed by atoms with Crippen LogP contribution in [0.15, 0.2) is 6.20 Å². The summed E-state index contributed by atoms with van der Waals surface area (Å²) in [6, 6.07) is 0. The zero-order valence-electron chi connectivity index (χ0n) is 8.64. The molecular weight excluding hydrogens is 220 g/mol. The van der Waals surface area contributed by atoms with Crippen molar-refractivity contribution < 1.29 is 18.7 Å². The summed E-state index contributed by atoms with van der Waals surface area (Å²) in [6.07, 6.45) is 0.764. The smallest absolute Gasteiger partial charge is 0.357 e. The van der Waals surface area contributed by atoms with Gasteiger partial charge in [-0.2, -0.15) is 0 Å². The van der Waals surface area contributed by atoms with Gasteiger partial charge in [0.1, 0.15) is 5.82 Å². The normalized spacial score (nSPS) is 11.5. The Morgan fingerprint density at radius 2 is 1.93 bits per heavy atom. The molecule has 0 bridgehead atoms. The number of nitrogens with zero attached hydrogens (tertiary/aromatic N) is 1. The maximum Gasteiger partial charge on any atom is 0.357 e. The van der Waals surface area contributed by atoms with E-state index in [1.807, 2.05) is 0 Å². The first kappa shape index (κ1) is 11.8. The first-order chi connectivity index (χ1) is 6.75. The van der Waals surface area contributed by atoms with Gasteiger partial charge in [0.15, 0.2) is 11.5 Å². The van der Waals surface area contributed by atoms with Crippen LogP contribution < -0.4 is 5.19 Å². The van der Waals surface area contributed by atoms with Gasteiger partial charge < -0.3 is 5.11 Å². The summed E-state index contributed by atoms with van der Waals surface area (Å²) < 4.78 is 27.0. The van der Waals surface area contributed by atoms with Crippen LogP contribution in [-0.4, -0.2) is 24.1 Å². The van der Waals surface area contributed by atoms with Gasteiger partial charge in [-0.05, 0) is 0 Å². The van der Waals surface area contributed by atoms with Crippen molar-refractivity contribution in [2.75, 3.05) is 0 Å². The van der Waals surface area contributed by atoms with E-state index < -0.39 is 31.4 Å². The predicted molar refractivity (Wildman–Crippen MR) is 54.1 cm³/mol. The highest BCUT2D eigenvalue weighted by atomic mass is 28.3. The summed E-state index contributed by atoms with van der Waals surface area (Å²) in [7, 11) is -2.25. The average Bonchev–Trinajstić information content (AvgIpc) is 2.00. The van der Waals surface area contributed by atoms with Gasteiger partial charge in [0, 0.05) is 5.19 Å². The van der Waals surface area contributed by atoms with E-state index >= 15 is 0 Å². The lowest BCUT2D eigenvalue weighted by Crippen LogP contribution is -2.43. The third-order valence-corrected chi connectivity index (χ3v) is 3.88. The molecule has 6 heteroatoms. The Morgan fingerprint density at radius 3 is 2.33 bits per heavy atom. The van der Waals surface area contributed by atoms with Crippen LogP contribution in [0.3, 0.4) is 0 Å². The van der Waals surface area contributed by atoms with Crippen molar-refractivity contribution in [2.24, 2.45) is 0 Å². The fourth-order valence-corrected chi connectivity index (χ4v) is 2.86. The highest BCUT2D eigenvalue weighted by Crippen LogP contribution is 2.11. The van der Waals surface area contributed by atoms with Gasteiger partial charge in [0.05, 0.1) is 14.3 Å². The molecule has 0 unspecified atom stereocenters. The largest absolute Gasteiger partial charge is 0.476 e. The molecule has 0 atom stereocenters. The van der Waals surface area contributed by atoms with E-state index in [0.717, 1.165) is 6.20 Å². The average molecular weight is 231 g/mol. The minimum Gasteiger partial charge on any atom is -0.476 e. The van der Waals surface area contributed by atoms with E-state index in [1.165, 1.54) is 0 Å². The number of carboxylic acid groups (broad SMARTS) is 1. The molecule has 1 aromatic heterocycles. The van der Waals surface area contributed by atoms with Gasteiger partial charge in [-0.3, -0.25) is 0 Å². The molecule has 82 valence electrons. The molecule has 0 saturated heterocycles. The number of hydrogen-bond donors (Lipinski definition) is 1. The Balaban J connectivity index is 3.51. The number of carbonyl (C=O) groups is 1. The van der Waals surface area contributed by atoms with Crippen LogP contribution in [0.4, 0.5) is 8.78 Å². The van der Waals surface area contributed by atoms with Crippen molar-refractivity contribution in [2.45, 2.75) is 19.6 Å². The van der Waals surface area contributed by atoms with E-state index in [-0.39, 0.29) is 5.19 Å². The van der Waals surface area contributed by atoms with Crippen LogP contribution in [-0.2, 0) is 0 Å². The first-order valence-corrected chi connectivity index (χ1v) is 7.83. The molecule has 0 spiro atoms. The summed E-state index contributed by atoms with van der Waals surface area (Å²) in [4.78, 5) is 13.8. The fourth-order valence-electron chi connectivity index (χ4n) is 1.30. The molecular formula is C9H11F2NO2Si. The molecule has 0 aliphatic heterocycles. The van der Waals surface area contributed by atoms with Crippen molar-refractivity contribution in [3.05, 3.63) is 23.5 Å². The predicted octanol–water partition coefficient (Wildman–Crippen LogP) is 1.60. The highest BCUT2D eigenvalue weighted by Gasteiger charge is 2.29. The maximum absolute atomic E-state index is 13.6. The quantitative estimate of drug-likeness (QED) is 0.786. The van der Waals surface area contributed by atoms with E-state index in [0.29, 0.717) is 0 Å². The van der Waals surface area contributed by atoms with Gasteiger partial charge in [-0.15, -0.1) is 0 Å². The fraction of sp³-hybridized carbons (Fsp3) is 0.333. The second kappa shape index (κ2) is 3.69. The summed E-state index contributed by atoms with van der Waals surface area (Å²) >= 11 is 0. The molecule has 0 radical (unpaired) electrons. The molecule has 1 heterocycles. The van der Waals surface area contributed by atoms with Gasteiger partial charge >= 0.3 is 5.97 Å². The van der Waals surface area contributed by atoms with Gasteiger partial charge in [-0.25, -0.2) is 18.6 Å². The number of rotatable bonds is 2. The van der Waals surface area contributed by atoms with E-state index in [1.54, 1.807) is 19.6 Å². The third-order valence-electron chi connectivity index (χ3n) is 1.93. The molecule has 15 heavy (non-hydrogen) atoms. The number of pyridine rings is 1. The Bertz CT molecular complexity index is 415. The van der Waals surface area contributed by atoms with E-state index in [2.05, 4.69) is 4.98 Å². The molecule has 0 fully saturated rings. The number of halogens is 2. The van der Waals surface area contributed by atoms with Crippen molar-refractivity contribution in [3.8, 4) is 0 Å². The summed E-state index contributed by atoms with van der Waals surface area (Å²) in [5.74, 6) is -3.29. The zero-order valence-corrected chi connectivity index (χ0v) is 9.64. The van der Waals surface area contributed by atoms with Crippen molar-refractivity contribution in [1.29, 1.82) is 0 Å². The lowest BCUT2D eigenvalue weighted by molar-refractivity contribution is 0.0685. The van der Waals surface area contributed by atoms with Crippen molar-refractivity contribution >= 4 is 19.2 Å². The highest BCUT2D eigenvalue weighted by molar-refractivity contribution is 6.88. The molecule has 0 aromatic carbocycles. The molecule has 0 amide bonds. The van der Waals surface area contributed by atoms with Crippen LogP contribution in [0.25, 0.3) is 0 Å². The Hall–Kier alpha value is -1.30. The Kier molecular flexibility index (Phi) is 2.90. The number of aromatic carboxylic acids is 1. The standard InChI is InChI=1S/C9H11F2NO2Si/c1-15(2,3)8-5(10)4-12-7(6(8)11)9(13)14/h4H,1-3H3,(H,13,14). The Morgan fingerprint density at radius 1 is 1.40 bits per heavy atom. The minimum absolute atomic E-state index is 0.116. The lowest BCUT2D eigenvalue weighted by Gasteiger charge is -2.18. The van der Waals surface area contributed by atoms with E-state index in [9.17, 15) is 13.6 Å². The molecule has 3 nitrogen and oxygen atoms in total. The monoisotopic (exact) mass is 231 g/mol. The Labute approximate surface area is 86.8 Å². The van der Waals surface area contributed by atoms with Crippen molar-refractivity contribution in [3.63, 3.8) is 0 Å². The first-order valence-electron chi connectivity index (χ1n) is 4.33. The van der Waals surface area contributed by atoms with Crippen molar-refractivity contribution in [1.82, 2.24) is 4.98 Å². The topological polar surface area (TPSA) is 50.2 Å². The third kappa shape index (κ3) is 2.20. The lowest BCUT2D eigenvalue weighted by atomic mass is 10.3. The number of carboxylic acids is 1. The molecule has 0 aliphatic carbocycles. The number of hydrogen-bond acceptors (Lipinski definition) is 2. The van der Waals surface area contributed by atoms with Gasteiger partial charge in [0.25, 0.3) is 0 Å². The number of aromatic nitrogens is 1. The molecule has 1 N–H and O–H groups in total. The van der Waals surface area contributed by atoms with Crippen LogP contribution in [0.2, 0.25) is 19.6 Å². The zero-order chi connectivity index (χ0) is 11.8. The summed E-state index contributed by atoms with van der Waals surface area (Å²) in [5, 5.41) is 8.52. The van der Waals surface area contributed by atoms with Crippen LogP contribution in [0.5, 0.6) is 0 Å². The molecule has 1 rings (SSSR count). The summed E-state index contributed by atoms with van der Waals surface area (Å²) in [6.45, 7) is 5.21. The van der Waals surface area contributed by atoms with E-state index in [4.69, 9.17) is 5.11 Å². The molecule has 0 saturated carbocycles. The minimum atomic E-state index is -2.25. The van der Waals surface area contributed by atoms with Crippen LogP contribution in [0, 0.1) is 11.6 Å². The SMILES string of the molecule is C[Si](C)(C)c1c(F)cnc(C(=O)O)c1F. The van der Waals surface area contributed by atoms with Gasteiger partial charge in [-0.1, -0.05) is 19.6 Å². The second-order valence-corrected chi connectivity index (χ2v) is 9.20. The molecule has 1 aromatic rings. The molecule has 0 aliphatic rings. The second-order valence-electron chi connectivity index (χ2n) is 4.20. The summed E-state index contributed by atoms with van der Waals surface area (Å²) in [5.41, 5.74) is -0.714. The van der Waals surface area contributed by atoms with Crippen LogP contribution in [0.1, 0.15) is 10.5 Å². The van der Waals surface area contributed by atoms with Gasteiger partial charge in [0.2, 0.25) is 0 Å². The maximum atomic E-state index is 13.6.